The fourth-order valence-electron chi connectivity index (χ4n) is 1.31. The van der Waals surface area contributed by atoms with Gasteiger partial charge in [0.1, 0.15) is 17.5 Å². The van der Waals surface area contributed by atoms with Gasteiger partial charge in [0, 0.05) is 13.5 Å². The Bertz CT molecular complexity index is 414. The van der Waals surface area contributed by atoms with Crippen LogP contribution >= 0.6 is 0 Å². The number of nitriles is 1. The highest BCUT2D eigenvalue weighted by molar-refractivity contribution is 5.91. The zero-order valence-electron chi connectivity index (χ0n) is 9.16. The van der Waals surface area contributed by atoms with Crippen LogP contribution in [0.2, 0.25) is 0 Å². The number of aromatic nitrogens is 2. The molecule has 0 fully saturated rings. The van der Waals surface area contributed by atoms with Crippen molar-refractivity contribution >= 4 is 11.7 Å². The third kappa shape index (κ3) is 2.15. The zero-order chi connectivity index (χ0) is 11.4. The number of hydrogen-bond donors (Lipinski definition) is 1. The molecule has 0 spiro atoms. The van der Waals surface area contributed by atoms with E-state index in [0.29, 0.717) is 29.9 Å². The minimum atomic E-state index is -0.114. The van der Waals surface area contributed by atoms with Gasteiger partial charge in [0.2, 0.25) is 5.91 Å². The molecule has 1 amide bonds. The number of carbonyl (C=O) groups is 1. The summed E-state index contributed by atoms with van der Waals surface area (Å²) in [6, 6.07) is 2.07. The molecule has 0 aliphatic rings. The maximum atomic E-state index is 11.2. The molecule has 15 heavy (non-hydrogen) atoms. The summed E-state index contributed by atoms with van der Waals surface area (Å²) in [4.78, 5) is 11.2. The van der Waals surface area contributed by atoms with Gasteiger partial charge in [0.25, 0.3) is 0 Å². The van der Waals surface area contributed by atoms with Crippen molar-refractivity contribution in [2.24, 2.45) is 7.05 Å². The van der Waals surface area contributed by atoms with Gasteiger partial charge in [-0.1, -0.05) is 13.8 Å². The fraction of sp³-hybridized carbons (Fsp3) is 0.500. The van der Waals surface area contributed by atoms with E-state index in [-0.39, 0.29) is 5.91 Å². The number of anilines is 1. The van der Waals surface area contributed by atoms with Crippen LogP contribution in [0, 0.1) is 11.3 Å². The number of hydrogen-bond acceptors (Lipinski definition) is 3. The Labute approximate surface area is 88.7 Å². The van der Waals surface area contributed by atoms with Crippen molar-refractivity contribution in [3.05, 3.63) is 11.3 Å². The van der Waals surface area contributed by atoms with Crippen LogP contribution in [-0.4, -0.2) is 15.7 Å². The molecule has 0 aliphatic carbocycles. The molecule has 80 valence electrons. The molecular formula is C10H14N4O. The van der Waals surface area contributed by atoms with Crippen molar-refractivity contribution in [2.75, 3.05) is 5.32 Å². The Balaban J connectivity index is 3.11. The second kappa shape index (κ2) is 4.60. The van der Waals surface area contributed by atoms with Crippen LogP contribution in [0.3, 0.4) is 0 Å². The van der Waals surface area contributed by atoms with Crippen LogP contribution < -0.4 is 5.32 Å². The van der Waals surface area contributed by atoms with E-state index in [1.54, 1.807) is 14.0 Å². The first-order chi connectivity index (χ1) is 7.13. The van der Waals surface area contributed by atoms with Crippen molar-refractivity contribution in [1.29, 1.82) is 5.26 Å². The predicted octanol–water partition coefficient (Wildman–Crippen LogP) is 1.20. The molecule has 0 aliphatic heterocycles. The molecule has 5 nitrogen and oxygen atoms in total. The number of nitrogens with zero attached hydrogens (tertiary/aromatic N) is 3. The lowest BCUT2D eigenvalue weighted by Crippen LogP contribution is -2.13. The Hall–Kier alpha value is -1.83. The van der Waals surface area contributed by atoms with Gasteiger partial charge in [0.05, 0.1) is 5.69 Å². The summed E-state index contributed by atoms with van der Waals surface area (Å²) in [6.07, 6.45) is 1.07. The normalized spacial score (nSPS) is 9.73. The van der Waals surface area contributed by atoms with Gasteiger partial charge in [-0.15, -0.1) is 0 Å². The summed E-state index contributed by atoms with van der Waals surface area (Å²) < 4.78 is 1.53. The second-order valence-electron chi connectivity index (χ2n) is 3.16. The van der Waals surface area contributed by atoms with E-state index in [9.17, 15) is 4.79 Å². The molecule has 0 saturated heterocycles. The van der Waals surface area contributed by atoms with Crippen LogP contribution in [0.15, 0.2) is 0 Å². The Morgan fingerprint density at radius 3 is 2.73 bits per heavy atom. The molecule has 0 radical (unpaired) electrons. The van der Waals surface area contributed by atoms with E-state index in [2.05, 4.69) is 16.5 Å². The Kier molecular flexibility index (Phi) is 3.45. The lowest BCUT2D eigenvalue weighted by atomic mass is 10.2. The third-order valence-corrected chi connectivity index (χ3v) is 2.15. The standard InChI is InChI=1S/C10H14N4O/c1-4-8-7(6-11)10(14(3)13-8)12-9(15)5-2/h4-5H2,1-3H3,(H,12,15). The topological polar surface area (TPSA) is 70.7 Å². The summed E-state index contributed by atoms with van der Waals surface area (Å²) in [7, 11) is 1.71. The first-order valence-corrected chi connectivity index (χ1v) is 4.89. The van der Waals surface area contributed by atoms with Crippen LogP contribution in [0.25, 0.3) is 0 Å². The van der Waals surface area contributed by atoms with Crippen molar-refractivity contribution in [2.45, 2.75) is 26.7 Å². The maximum Gasteiger partial charge on any atom is 0.225 e. The lowest BCUT2D eigenvalue weighted by Gasteiger charge is -2.03. The molecule has 5 heteroatoms. The van der Waals surface area contributed by atoms with Crippen molar-refractivity contribution < 1.29 is 4.79 Å². The maximum absolute atomic E-state index is 11.2. The van der Waals surface area contributed by atoms with Crippen LogP contribution in [0.1, 0.15) is 31.5 Å². The van der Waals surface area contributed by atoms with Crippen LogP contribution in [0.4, 0.5) is 5.82 Å². The Morgan fingerprint density at radius 2 is 2.27 bits per heavy atom. The second-order valence-corrected chi connectivity index (χ2v) is 3.16. The summed E-state index contributed by atoms with van der Waals surface area (Å²) in [5.74, 6) is 0.373. The van der Waals surface area contributed by atoms with E-state index in [1.807, 2.05) is 6.92 Å². The largest absolute Gasteiger partial charge is 0.310 e. The summed E-state index contributed by atoms with van der Waals surface area (Å²) in [5, 5.41) is 15.8. The zero-order valence-corrected chi connectivity index (χ0v) is 9.16. The number of rotatable bonds is 3. The van der Waals surface area contributed by atoms with Gasteiger partial charge < -0.3 is 5.32 Å². The van der Waals surface area contributed by atoms with Crippen molar-refractivity contribution in [3.8, 4) is 6.07 Å². The smallest absolute Gasteiger partial charge is 0.225 e. The van der Waals surface area contributed by atoms with E-state index in [4.69, 9.17) is 5.26 Å². The molecule has 0 unspecified atom stereocenters. The molecule has 1 aromatic rings. The first-order valence-electron chi connectivity index (χ1n) is 4.89. The summed E-state index contributed by atoms with van der Waals surface area (Å²) >= 11 is 0. The molecule has 0 atom stereocenters. The molecule has 1 heterocycles. The van der Waals surface area contributed by atoms with Gasteiger partial charge in [0.15, 0.2) is 0 Å². The lowest BCUT2D eigenvalue weighted by molar-refractivity contribution is -0.115. The van der Waals surface area contributed by atoms with E-state index >= 15 is 0 Å². The van der Waals surface area contributed by atoms with E-state index in [0.717, 1.165) is 0 Å². The van der Waals surface area contributed by atoms with Crippen molar-refractivity contribution in [3.63, 3.8) is 0 Å². The van der Waals surface area contributed by atoms with Crippen molar-refractivity contribution in [1.82, 2.24) is 9.78 Å². The van der Waals surface area contributed by atoms with Gasteiger partial charge >= 0.3 is 0 Å². The predicted molar refractivity (Wildman–Crippen MR) is 56.2 cm³/mol. The number of carbonyl (C=O) groups excluding carboxylic acids is 1. The number of nitrogens with one attached hydrogen (secondary N) is 1. The number of amides is 1. The molecule has 0 saturated carbocycles. The molecule has 0 bridgehead atoms. The highest BCUT2D eigenvalue weighted by Gasteiger charge is 2.15. The van der Waals surface area contributed by atoms with Gasteiger partial charge in [-0.25, -0.2) is 0 Å². The molecule has 1 rings (SSSR count). The van der Waals surface area contributed by atoms with Gasteiger partial charge in [-0.2, -0.15) is 10.4 Å². The number of aryl methyl sites for hydroxylation is 2. The van der Waals surface area contributed by atoms with Crippen LogP contribution in [0.5, 0.6) is 0 Å². The summed E-state index contributed by atoms with van der Waals surface area (Å²) in [5.41, 5.74) is 1.17. The monoisotopic (exact) mass is 206 g/mol. The molecule has 1 aromatic heterocycles. The average Bonchev–Trinajstić information content (AvgIpc) is 2.55. The van der Waals surface area contributed by atoms with Gasteiger partial charge in [-0.05, 0) is 6.42 Å². The quantitative estimate of drug-likeness (QED) is 0.807. The first kappa shape index (κ1) is 11.2. The van der Waals surface area contributed by atoms with E-state index < -0.39 is 0 Å². The SMILES string of the molecule is CCC(=O)Nc1c(C#N)c(CC)nn1C. The molecule has 1 N–H and O–H groups in total. The average molecular weight is 206 g/mol. The van der Waals surface area contributed by atoms with Crippen LogP contribution in [-0.2, 0) is 18.3 Å². The minimum absolute atomic E-state index is 0.114. The van der Waals surface area contributed by atoms with E-state index in [1.165, 1.54) is 4.68 Å². The fourth-order valence-corrected chi connectivity index (χ4v) is 1.31. The minimum Gasteiger partial charge on any atom is -0.310 e. The van der Waals surface area contributed by atoms with Gasteiger partial charge in [-0.3, -0.25) is 9.48 Å². The Morgan fingerprint density at radius 1 is 1.60 bits per heavy atom. The highest BCUT2D eigenvalue weighted by atomic mass is 16.1. The highest BCUT2D eigenvalue weighted by Crippen LogP contribution is 2.18. The third-order valence-electron chi connectivity index (χ3n) is 2.15. The molecule has 0 aromatic carbocycles. The summed E-state index contributed by atoms with van der Waals surface area (Å²) in [6.45, 7) is 3.69. The molecular weight excluding hydrogens is 192 g/mol.